The van der Waals surface area contributed by atoms with E-state index in [2.05, 4.69) is 5.10 Å². The Morgan fingerprint density at radius 2 is 1.75 bits per heavy atom. The van der Waals surface area contributed by atoms with Gasteiger partial charge in [0.15, 0.2) is 5.69 Å². The molecule has 1 aromatic heterocycles. The molecule has 3 rings (SSSR count). The standard InChI is InChI=1S/C17H18F3N3O/c18-17(19,20)16-14(13-7-3-1-4-8-13)11-23(21-16)12-15(24)22-9-5-2-6-10-22/h1,3-4,7-8,11H,2,5-6,9-10,12H2. The maximum absolute atomic E-state index is 13.3. The topological polar surface area (TPSA) is 38.1 Å². The number of hydrogen-bond donors (Lipinski definition) is 0. The first-order valence-corrected chi connectivity index (χ1v) is 7.93. The number of alkyl halides is 3. The first-order valence-electron chi connectivity index (χ1n) is 7.93. The molecule has 4 nitrogen and oxygen atoms in total. The number of hydrogen-bond acceptors (Lipinski definition) is 2. The predicted octanol–water partition coefficient (Wildman–Crippen LogP) is 3.58. The van der Waals surface area contributed by atoms with Crippen molar-refractivity contribution in [2.75, 3.05) is 13.1 Å². The van der Waals surface area contributed by atoms with Crippen LogP contribution in [0, 0.1) is 0 Å². The Hall–Kier alpha value is -2.31. The smallest absolute Gasteiger partial charge is 0.341 e. The lowest BCUT2D eigenvalue weighted by Gasteiger charge is -2.26. The number of carbonyl (C=O) groups is 1. The highest BCUT2D eigenvalue weighted by Crippen LogP contribution is 2.35. The van der Waals surface area contributed by atoms with Crippen LogP contribution in [0.25, 0.3) is 11.1 Å². The van der Waals surface area contributed by atoms with Crippen LogP contribution in [0.1, 0.15) is 25.0 Å². The average molecular weight is 337 g/mol. The molecule has 1 fully saturated rings. The zero-order valence-corrected chi connectivity index (χ0v) is 13.1. The van der Waals surface area contributed by atoms with Crippen molar-refractivity contribution < 1.29 is 18.0 Å². The van der Waals surface area contributed by atoms with Gasteiger partial charge in [-0.2, -0.15) is 18.3 Å². The average Bonchev–Trinajstić information content (AvgIpc) is 3.01. The van der Waals surface area contributed by atoms with Crippen LogP contribution >= 0.6 is 0 Å². The van der Waals surface area contributed by atoms with Crippen molar-refractivity contribution >= 4 is 5.91 Å². The minimum Gasteiger partial charge on any atom is -0.341 e. The second-order valence-electron chi connectivity index (χ2n) is 5.89. The van der Waals surface area contributed by atoms with E-state index < -0.39 is 11.9 Å². The van der Waals surface area contributed by atoms with E-state index in [9.17, 15) is 18.0 Å². The highest BCUT2D eigenvalue weighted by atomic mass is 19.4. The van der Waals surface area contributed by atoms with Gasteiger partial charge in [-0.15, -0.1) is 0 Å². The van der Waals surface area contributed by atoms with Crippen LogP contribution in [0.5, 0.6) is 0 Å². The Kier molecular flexibility index (Phi) is 4.59. The second-order valence-corrected chi connectivity index (χ2v) is 5.89. The van der Waals surface area contributed by atoms with Crippen LogP contribution in [0.2, 0.25) is 0 Å². The second kappa shape index (κ2) is 6.67. The lowest BCUT2D eigenvalue weighted by molar-refractivity contribution is -0.141. The summed E-state index contributed by atoms with van der Waals surface area (Å²) in [6.07, 6.45) is -0.297. The predicted molar refractivity (Wildman–Crippen MR) is 83.1 cm³/mol. The van der Waals surface area contributed by atoms with Crippen molar-refractivity contribution in [2.45, 2.75) is 32.0 Å². The SMILES string of the molecule is O=C(Cn1cc(-c2ccccc2)c(C(F)(F)F)n1)N1CCCCC1. The summed E-state index contributed by atoms with van der Waals surface area (Å²) < 4.78 is 40.9. The molecule has 2 heterocycles. The fourth-order valence-electron chi connectivity index (χ4n) is 2.92. The molecule has 7 heteroatoms. The summed E-state index contributed by atoms with van der Waals surface area (Å²) >= 11 is 0. The lowest BCUT2D eigenvalue weighted by Crippen LogP contribution is -2.37. The molecule has 2 aromatic rings. The number of aromatic nitrogens is 2. The molecule has 128 valence electrons. The van der Waals surface area contributed by atoms with Gasteiger partial charge < -0.3 is 4.90 Å². The Balaban J connectivity index is 1.87. The van der Waals surface area contributed by atoms with Gasteiger partial charge in [-0.3, -0.25) is 9.48 Å². The molecule has 1 aliphatic rings. The van der Waals surface area contributed by atoms with Crippen molar-refractivity contribution in [3.8, 4) is 11.1 Å². The Morgan fingerprint density at radius 3 is 2.38 bits per heavy atom. The van der Waals surface area contributed by atoms with E-state index in [4.69, 9.17) is 0 Å². The van der Waals surface area contributed by atoms with Gasteiger partial charge in [0.05, 0.1) is 0 Å². The zero-order valence-electron chi connectivity index (χ0n) is 13.1. The van der Waals surface area contributed by atoms with Crippen LogP contribution in [-0.2, 0) is 17.5 Å². The summed E-state index contributed by atoms with van der Waals surface area (Å²) in [6.45, 7) is 1.16. The van der Waals surface area contributed by atoms with Gasteiger partial charge in [0.1, 0.15) is 6.54 Å². The van der Waals surface area contributed by atoms with Gasteiger partial charge in [-0.1, -0.05) is 30.3 Å². The van der Waals surface area contributed by atoms with Crippen LogP contribution < -0.4 is 0 Å². The molecule has 1 aliphatic heterocycles. The van der Waals surface area contributed by atoms with E-state index in [0.717, 1.165) is 23.9 Å². The normalized spacial score (nSPS) is 15.5. The molecule has 0 unspecified atom stereocenters. The van der Waals surface area contributed by atoms with E-state index in [0.29, 0.717) is 18.7 Å². The molecule has 1 aromatic carbocycles. The Morgan fingerprint density at radius 1 is 1.08 bits per heavy atom. The van der Waals surface area contributed by atoms with Gasteiger partial charge in [-0.05, 0) is 24.8 Å². The molecule has 0 spiro atoms. The van der Waals surface area contributed by atoms with Crippen molar-refractivity contribution in [1.29, 1.82) is 0 Å². The Bertz CT molecular complexity index is 704. The lowest BCUT2D eigenvalue weighted by atomic mass is 10.1. The van der Waals surface area contributed by atoms with Crippen LogP contribution in [-0.4, -0.2) is 33.7 Å². The highest BCUT2D eigenvalue weighted by Gasteiger charge is 2.37. The summed E-state index contributed by atoms with van der Waals surface area (Å²) in [4.78, 5) is 14.0. The quantitative estimate of drug-likeness (QED) is 0.859. The molecule has 1 saturated heterocycles. The number of benzene rings is 1. The van der Waals surface area contributed by atoms with Crippen molar-refractivity contribution in [1.82, 2.24) is 14.7 Å². The number of carbonyl (C=O) groups excluding carboxylic acids is 1. The molecular formula is C17H18F3N3O. The van der Waals surface area contributed by atoms with Gasteiger partial charge in [0.25, 0.3) is 0 Å². The molecule has 0 bridgehead atoms. The van der Waals surface area contributed by atoms with Crippen LogP contribution in [0.15, 0.2) is 36.5 Å². The van der Waals surface area contributed by atoms with E-state index >= 15 is 0 Å². The number of nitrogens with zero attached hydrogens (tertiary/aromatic N) is 3. The summed E-state index contributed by atoms with van der Waals surface area (Å²) in [5, 5.41) is 3.64. The number of piperidine rings is 1. The maximum atomic E-state index is 13.3. The molecule has 1 amide bonds. The zero-order chi connectivity index (χ0) is 17.2. The third-order valence-corrected chi connectivity index (χ3v) is 4.12. The Labute approximate surface area is 137 Å². The fourth-order valence-corrected chi connectivity index (χ4v) is 2.92. The molecule has 0 atom stereocenters. The van der Waals surface area contributed by atoms with E-state index in [1.807, 2.05) is 0 Å². The van der Waals surface area contributed by atoms with Crippen LogP contribution in [0.4, 0.5) is 13.2 Å². The van der Waals surface area contributed by atoms with Crippen molar-refractivity contribution in [2.24, 2.45) is 0 Å². The monoisotopic (exact) mass is 337 g/mol. The summed E-state index contributed by atoms with van der Waals surface area (Å²) in [7, 11) is 0. The first kappa shape index (κ1) is 16.5. The number of rotatable bonds is 3. The number of likely N-dealkylation sites (tertiary alicyclic amines) is 1. The third kappa shape index (κ3) is 3.60. The van der Waals surface area contributed by atoms with E-state index in [1.165, 1.54) is 6.20 Å². The van der Waals surface area contributed by atoms with Gasteiger partial charge in [0, 0.05) is 24.8 Å². The number of halogens is 3. The summed E-state index contributed by atoms with van der Waals surface area (Å²) in [6, 6.07) is 8.28. The summed E-state index contributed by atoms with van der Waals surface area (Å²) in [5.41, 5.74) is -0.531. The van der Waals surface area contributed by atoms with E-state index in [-0.39, 0.29) is 18.0 Å². The minimum atomic E-state index is -4.56. The minimum absolute atomic E-state index is 0.00505. The molecular weight excluding hydrogens is 319 g/mol. The largest absolute Gasteiger partial charge is 0.435 e. The van der Waals surface area contributed by atoms with Gasteiger partial charge in [-0.25, -0.2) is 0 Å². The van der Waals surface area contributed by atoms with Crippen molar-refractivity contribution in [3.63, 3.8) is 0 Å². The van der Waals surface area contributed by atoms with Gasteiger partial charge >= 0.3 is 6.18 Å². The first-order chi connectivity index (χ1) is 11.4. The molecule has 0 N–H and O–H groups in total. The molecule has 0 radical (unpaired) electrons. The maximum Gasteiger partial charge on any atom is 0.435 e. The van der Waals surface area contributed by atoms with Crippen molar-refractivity contribution in [3.05, 3.63) is 42.2 Å². The van der Waals surface area contributed by atoms with Gasteiger partial charge in [0.2, 0.25) is 5.91 Å². The molecule has 0 saturated carbocycles. The fraction of sp³-hybridized carbons (Fsp3) is 0.412. The molecule has 24 heavy (non-hydrogen) atoms. The molecule has 0 aliphatic carbocycles. The van der Waals surface area contributed by atoms with E-state index in [1.54, 1.807) is 35.2 Å². The summed E-state index contributed by atoms with van der Waals surface area (Å²) in [5.74, 6) is -0.189. The van der Waals surface area contributed by atoms with Crippen LogP contribution in [0.3, 0.4) is 0 Å². The number of amides is 1. The third-order valence-electron chi connectivity index (χ3n) is 4.12. The highest BCUT2D eigenvalue weighted by molar-refractivity contribution is 5.76.